The van der Waals surface area contributed by atoms with Gasteiger partial charge < -0.3 is 4.74 Å². The Morgan fingerprint density at radius 2 is 1.68 bits per heavy atom. The summed E-state index contributed by atoms with van der Waals surface area (Å²) in [6.07, 6.45) is -4.03. The number of amides is 1. The summed E-state index contributed by atoms with van der Waals surface area (Å²) in [6.45, 7) is 0.0873. The van der Waals surface area contributed by atoms with Crippen LogP contribution in [0.5, 0.6) is 0 Å². The summed E-state index contributed by atoms with van der Waals surface area (Å²) in [7, 11) is 0. The molecule has 0 saturated heterocycles. The molecule has 0 aliphatic rings. The van der Waals surface area contributed by atoms with Crippen molar-refractivity contribution >= 4 is 12.3 Å². The molecule has 0 bridgehead atoms. The topological polar surface area (TPSA) is 38.7 Å². The van der Waals surface area contributed by atoms with Crippen molar-refractivity contribution in [3.63, 3.8) is 0 Å². The second kappa shape index (κ2) is 6.89. The minimum absolute atomic E-state index is 0.0873. The van der Waals surface area contributed by atoms with Gasteiger partial charge >= 0.3 is 12.3 Å². The molecular formula is C16H12F3NO2. The number of aliphatic imine (C=N–C) groups is 1. The number of ether oxygens (including phenoxy) is 1. The van der Waals surface area contributed by atoms with Crippen LogP contribution in [0.4, 0.5) is 18.0 Å². The average molecular weight is 307 g/mol. The van der Waals surface area contributed by atoms with Gasteiger partial charge in [-0.3, -0.25) is 0 Å². The summed E-state index contributed by atoms with van der Waals surface area (Å²) in [5.74, 6) is 0. The van der Waals surface area contributed by atoms with Crippen molar-refractivity contribution in [2.24, 2.45) is 4.99 Å². The molecule has 0 radical (unpaired) electrons. The maximum absolute atomic E-state index is 12.4. The molecule has 0 saturated carbocycles. The van der Waals surface area contributed by atoms with Crippen LogP contribution in [0.25, 0.3) is 0 Å². The first-order chi connectivity index (χ1) is 10.4. The highest BCUT2D eigenvalue weighted by Crippen LogP contribution is 2.28. The molecule has 2 aromatic rings. The number of rotatable bonds is 3. The Kier molecular flexibility index (Phi) is 4.93. The molecule has 0 N–H and O–H groups in total. The fourth-order valence-electron chi connectivity index (χ4n) is 1.64. The monoisotopic (exact) mass is 307 g/mol. The SMILES string of the molecule is O=C(N=Cc1ccc(C(F)(F)F)cc1)OCc1ccccc1. The van der Waals surface area contributed by atoms with E-state index in [1.807, 2.05) is 18.2 Å². The molecule has 0 atom stereocenters. The molecule has 0 aromatic heterocycles. The smallest absolute Gasteiger partial charge is 0.433 e. The normalized spacial score (nSPS) is 11.6. The molecule has 0 unspecified atom stereocenters. The molecule has 0 aliphatic heterocycles. The lowest BCUT2D eigenvalue weighted by molar-refractivity contribution is -0.137. The first-order valence-corrected chi connectivity index (χ1v) is 6.37. The third kappa shape index (κ3) is 4.73. The average Bonchev–Trinajstić information content (AvgIpc) is 2.51. The predicted molar refractivity (Wildman–Crippen MR) is 75.7 cm³/mol. The van der Waals surface area contributed by atoms with Crippen LogP contribution < -0.4 is 0 Å². The van der Waals surface area contributed by atoms with Gasteiger partial charge in [-0.2, -0.15) is 18.2 Å². The van der Waals surface area contributed by atoms with Crippen molar-refractivity contribution in [2.75, 3.05) is 0 Å². The molecular weight excluding hydrogens is 295 g/mol. The van der Waals surface area contributed by atoms with Crippen LogP contribution >= 0.6 is 0 Å². The van der Waals surface area contributed by atoms with Crippen LogP contribution in [0.15, 0.2) is 59.6 Å². The molecule has 0 fully saturated rings. The number of carbonyl (C=O) groups excluding carboxylic acids is 1. The number of benzene rings is 2. The second-order valence-electron chi connectivity index (χ2n) is 4.42. The number of hydrogen-bond donors (Lipinski definition) is 0. The summed E-state index contributed by atoms with van der Waals surface area (Å²) in [4.78, 5) is 14.9. The highest BCUT2D eigenvalue weighted by atomic mass is 19.4. The zero-order chi connectivity index (χ0) is 16.0. The van der Waals surface area contributed by atoms with Gasteiger partial charge in [0.2, 0.25) is 0 Å². The van der Waals surface area contributed by atoms with Gasteiger partial charge in [-0.25, -0.2) is 4.79 Å². The first-order valence-electron chi connectivity index (χ1n) is 6.37. The lowest BCUT2D eigenvalue weighted by Gasteiger charge is -2.05. The van der Waals surface area contributed by atoms with Gasteiger partial charge in [0.1, 0.15) is 6.61 Å². The number of alkyl halides is 3. The number of nitrogens with zero attached hydrogens (tertiary/aromatic N) is 1. The maximum atomic E-state index is 12.4. The van der Waals surface area contributed by atoms with Gasteiger partial charge in [0.25, 0.3) is 0 Å². The molecule has 0 aliphatic carbocycles. The van der Waals surface area contributed by atoms with Crippen molar-refractivity contribution in [3.05, 3.63) is 71.3 Å². The Balaban J connectivity index is 1.90. The predicted octanol–water partition coefficient (Wildman–Crippen LogP) is 4.46. The summed E-state index contributed by atoms with van der Waals surface area (Å²) >= 11 is 0. The van der Waals surface area contributed by atoms with Crippen LogP contribution in [0, 0.1) is 0 Å². The Morgan fingerprint density at radius 1 is 1.05 bits per heavy atom. The van der Waals surface area contributed by atoms with Crippen LogP contribution in [0.2, 0.25) is 0 Å². The van der Waals surface area contributed by atoms with E-state index in [0.29, 0.717) is 5.56 Å². The second-order valence-corrected chi connectivity index (χ2v) is 4.42. The van der Waals surface area contributed by atoms with E-state index in [-0.39, 0.29) is 6.61 Å². The number of halogens is 3. The molecule has 22 heavy (non-hydrogen) atoms. The van der Waals surface area contributed by atoms with E-state index in [1.165, 1.54) is 12.1 Å². The van der Waals surface area contributed by atoms with Gasteiger partial charge in [0, 0.05) is 6.21 Å². The molecule has 3 nitrogen and oxygen atoms in total. The molecule has 2 rings (SSSR count). The van der Waals surface area contributed by atoms with Crippen molar-refractivity contribution in [3.8, 4) is 0 Å². The molecule has 0 spiro atoms. The van der Waals surface area contributed by atoms with Crippen LogP contribution in [0.3, 0.4) is 0 Å². The maximum Gasteiger partial charge on any atom is 0.433 e. The standard InChI is InChI=1S/C16H12F3NO2/c17-16(18,19)14-8-6-12(7-9-14)10-20-15(21)22-11-13-4-2-1-3-5-13/h1-10H,11H2. The van der Waals surface area contributed by atoms with Crippen molar-refractivity contribution in [2.45, 2.75) is 12.8 Å². The van der Waals surface area contributed by atoms with Gasteiger partial charge in [-0.05, 0) is 23.3 Å². The van der Waals surface area contributed by atoms with Crippen molar-refractivity contribution < 1.29 is 22.7 Å². The van der Waals surface area contributed by atoms with E-state index in [1.54, 1.807) is 12.1 Å². The van der Waals surface area contributed by atoms with Gasteiger partial charge in [-0.15, -0.1) is 0 Å². The first kappa shape index (κ1) is 15.8. The summed E-state index contributed by atoms with van der Waals surface area (Å²) < 4.78 is 42.1. The number of carbonyl (C=O) groups is 1. The van der Waals surface area contributed by atoms with E-state index < -0.39 is 17.8 Å². The Hall–Kier alpha value is -2.63. The van der Waals surface area contributed by atoms with Gasteiger partial charge in [0.15, 0.2) is 0 Å². The van der Waals surface area contributed by atoms with Crippen LogP contribution in [0.1, 0.15) is 16.7 Å². The van der Waals surface area contributed by atoms with Crippen molar-refractivity contribution in [1.29, 1.82) is 0 Å². The Morgan fingerprint density at radius 3 is 2.27 bits per heavy atom. The Labute approximate surface area is 125 Å². The lowest BCUT2D eigenvalue weighted by Crippen LogP contribution is -2.04. The minimum atomic E-state index is -4.38. The van der Waals surface area contributed by atoms with E-state index in [0.717, 1.165) is 23.9 Å². The molecule has 114 valence electrons. The fourth-order valence-corrected chi connectivity index (χ4v) is 1.64. The summed E-state index contributed by atoms with van der Waals surface area (Å²) in [5, 5.41) is 0. The molecule has 2 aromatic carbocycles. The van der Waals surface area contributed by atoms with E-state index in [9.17, 15) is 18.0 Å². The van der Waals surface area contributed by atoms with E-state index in [2.05, 4.69) is 4.99 Å². The van der Waals surface area contributed by atoms with Crippen LogP contribution in [-0.4, -0.2) is 12.3 Å². The van der Waals surface area contributed by atoms with E-state index in [4.69, 9.17) is 4.74 Å². The molecule has 1 amide bonds. The summed E-state index contributed by atoms with van der Waals surface area (Å²) in [6, 6.07) is 13.4. The minimum Gasteiger partial charge on any atom is -0.443 e. The lowest BCUT2D eigenvalue weighted by atomic mass is 10.1. The number of hydrogen-bond acceptors (Lipinski definition) is 2. The quantitative estimate of drug-likeness (QED) is 0.785. The summed E-state index contributed by atoms with van der Waals surface area (Å²) in [5.41, 5.74) is 0.446. The van der Waals surface area contributed by atoms with Crippen LogP contribution in [-0.2, 0) is 17.5 Å². The van der Waals surface area contributed by atoms with Gasteiger partial charge in [-0.1, -0.05) is 42.5 Å². The molecule has 0 heterocycles. The van der Waals surface area contributed by atoms with Gasteiger partial charge in [0.05, 0.1) is 5.56 Å². The third-order valence-electron chi connectivity index (χ3n) is 2.76. The molecule has 6 heteroatoms. The largest absolute Gasteiger partial charge is 0.443 e. The third-order valence-corrected chi connectivity index (χ3v) is 2.76. The zero-order valence-corrected chi connectivity index (χ0v) is 11.4. The highest BCUT2D eigenvalue weighted by Gasteiger charge is 2.29. The highest BCUT2D eigenvalue weighted by molar-refractivity contribution is 5.88. The zero-order valence-electron chi connectivity index (χ0n) is 11.4. The van der Waals surface area contributed by atoms with E-state index >= 15 is 0 Å². The fraction of sp³-hybridized carbons (Fsp3) is 0.125. The van der Waals surface area contributed by atoms with Crippen molar-refractivity contribution in [1.82, 2.24) is 0 Å². The Bertz CT molecular complexity index is 649.